The second-order valence-corrected chi connectivity index (χ2v) is 8.80. The molecular formula is C25H22F6N2O5. The van der Waals surface area contributed by atoms with Crippen molar-refractivity contribution in [1.29, 1.82) is 0 Å². The first-order chi connectivity index (χ1) is 17.8. The van der Waals surface area contributed by atoms with Crippen LogP contribution in [-0.4, -0.2) is 71.0 Å². The van der Waals surface area contributed by atoms with Crippen molar-refractivity contribution in [2.75, 3.05) is 19.7 Å². The Kier molecular flexibility index (Phi) is 7.44. The second-order valence-electron chi connectivity index (χ2n) is 8.80. The van der Waals surface area contributed by atoms with Crippen LogP contribution >= 0.6 is 0 Å². The summed E-state index contributed by atoms with van der Waals surface area (Å²) in [6.45, 7) is -2.44. The molecule has 38 heavy (non-hydrogen) atoms. The van der Waals surface area contributed by atoms with E-state index in [-0.39, 0.29) is 17.0 Å². The van der Waals surface area contributed by atoms with Gasteiger partial charge in [0.25, 0.3) is 5.91 Å². The predicted molar refractivity (Wildman–Crippen MR) is 120 cm³/mol. The van der Waals surface area contributed by atoms with E-state index in [9.17, 15) is 41.0 Å². The number of rotatable bonds is 6. The maximum atomic E-state index is 13.6. The van der Waals surface area contributed by atoms with E-state index in [1.807, 2.05) is 0 Å². The molecule has 1 aliphatic carbocycles. The first-order valence-corrected chi connectivity index (χ1v) is 11.4. The quantitative estimate of drug-likeness (QED) is 0.486. The average Bonchev–Trinajstić information content (AvgIpc) is 3.25. The van der Waals surface area contributed by atoms with Gasteiger partial charge in [-0.25, -0.2) is 0 Å². The van der Waals surface area contributed by atoms with Crippen LogP contribution in [0.1, 0.15) is 27.4 Å². The van der Waals surface area contributed by atoms with Crippen LogP contribution in [-0.2, 0) is 11.0 Å². The zero-order valence-electron chi connectivity index (χ0n) is 19.5. The summed E-state index contributed by atoms with van der Waals surface area (Å²) in [6, 6.07) is 7.34. The van der Waals surface area contributed by atoms with Crippen LogP contribution in [0.25, 0.3) is 0 Å². The third-order valence-electron chi connectivity index (χ3n) is 6.31. The van der Waals surface area contributed by atoms with Crippen molar-refractivity contribution >= 4 is 11.8 Å². The number of aliphatic hydroxyl groups excluding tert-OH is 2. The summed E-state index contributed by atoms with van der Waals surface area (Å²) in [5, 5.41) is 22.7. The molecular weight excluding hydrogens is 522 g/mol. The minimum absolute atomic E-state index is 0.0870. The highest BCUT2D eigenvalue weighted by Crippen LogP contribution is 2.47. The molecule has 4 rings (SSSR count). The molecule has 7 nitrogen and oxygen atoms in total. The SMILES string of the molecule is O=C(NCCO)C1=CC(N(CC(F)(F)F)C(=O)c2ccc(C(F)(F)F)cc2)C(O)C2Oc3ccccc3C12. The number of hydrogen-bond acceptors (Lipinski definition) is 5. The Bertz CT molecular complexity index is 1230. The van der Waals surface area contributed by atoms with E-state index in [4.69, 9.17) is 9.84 Å². The summed E-state index contributed by atoms with van der Waals surface area (Å²) < 4.78 is 85.4. The third-order valence-corrected chi connectivity index (χ3v) is 6.31. The molecule has 4 atom stereocenters. The molecule has 0 saturated heterocycles. The smallest absolute Gasteiger partial charge is 0.416 e. The molecule has 0 saturated carbocycles. The summed E-state index contributed by atoms with van der Waals surface area (Å²) in [6.07, 6.45) is -11.6. The predicted octanol–water partition coefficient (Wildman–Crippen LogP) is 3.03. The van der Waals surface area contributed by atoms with Gasteiger partial charge in [-0.2, -0.15) is 26.3 Å². The number of aliphatic hydroxyl groups is 2. The first kappa shape index (κ1) is 27.5. The van der Waals surface area contributed by atoms with Gasteiger partial charge in [-0.05, 0) is 36.4 Å². The van der Waals surface area contributed by atoms with E-state index in [1.165, 1.54) is 0 Å². The number of carbonyl (C=O) groups is 2. The Labute approximate surface area is 212 Å². The van der Waals surface area contributed by atoms with Gasteiger partial charge in [-0.15, -0.1) is 0 Å². The molecule has 0 radical (unpaired) electrons. The number of hydrogen-bond donors (Lipinski definition) is 3. The van der Waals surface area contributed by atoms with Gasteiger partial charge in [-0.3, -0.25) is 9.59 Å². The number of ether oxygens (including phenoxy) is 1. The molecule has 0 bridgehead atoms. The van der Waals surface area contributed by atoms with E-state index in [2.05, 4.69) is 5.32 Å². The van der Waals surface area contributed by atoms with Crippen LogP contribution in [0, 0.1) is 0 Å². The van der Waals surface area contributed by atoms with Crippen LogP contribution in [0.3, 0.4) is 0 Å². The van der Waals surface area contributed by atoms with Crippen molar-refractivity contribution in [1.82, 2.24) is 10.2 Å². The van der Waals surface area contributed by atoms with Gasteiger partial charge in [0.1, 0.15) is 24.5 Å². The van der Waals surface area contributed by atoms with Gasteiger partial charge in [0.2, 0.25) is 5.91 Å². The summed E-state index contributed by atoms with van der Waals surface area (Å²) in [7, 11) is 0. The van der Waals surface area contributed by atoms with Crippen molar-refractivity contribution < 1.29 is 50.9 Å². The second kappa shape index (κ2) is 10.3. The Morgan fingerprint density at radius 1 is 1.00 bits per heavy atom. The fraction of sp³-hybridized carbons (Fsp3) is 0.360. The van der Waals surface area contributed by atoms with Crippen LogP contribution in [0.5, 0.6) is 5.75 Å². The van der Waals surface area contributed by atoms with Crippen LogP contribution in [0.2, 0.25) is 0 Å². The molecule has 4 unspecified atom stereocenters. The van der Waals surface area contributed by atoms with Crippen LogP contribution in [0.4, 0.5) is 26.3 Å². The van der Waals surface area contributed by atoms with Gasteiger partial charge in [-0.1, -0.05) is 18.2 Å². The van der Waals surface area contributed by atoms with Crippen molar-refractivity contribution in [3.63, 3.8) is 0 Å². The van der Waals surface area contributed by atoms with Gasteiger partial charge in [0, 0.05) is 23.2 Å². The number of benzene rings is 2. The van der Waals surface area contributed by atoms with Crippen molar-refractivity contribution in [2.24, 2.45) is 0 Å². The lowest BCUT2D eigenvalue weighted by atomic mass is 9.77. The maximum absolute atomic E-state index is 13.6. The molecule has 1 heterocycles. The van der Waals surface area contributed by atoms with E-state index >= 15 is 0 Å². The van der Waals surface area contributed by atoms with Crippen LogP contribution < -0.4 is 10.1 Å². The molecule has 0 fully saturated rings. The van der Waals surface area contributed by atoms with E-state index < -0.39 is 72.6 Å². The van der Waals surface area contributed by atoms with E-state index in [0.717, 1.165) is 18.2 Å². The Balaban J connectivity index is 1.77. The molecule has 1 aliphatic heterocycles. The average molecular weight is 544 g/mol. The lowest BCUT2D eigenvalue weighted by Gasteiger charge is -2.41. The number of para-hydroxylation sites is 1. The highest BCUT2D eigenvalue weighted by atomic mass is 19.4. The molecule has 0 aromatic heterocycles. The fourth-order valence-corrected chi connectivity index (χ4v) is 4.66. The molecule has 2 amide bonds. The normalized spacial score (nSPS) is 22.6. The fourth-order valence-electron chi connectivity index (χ4n) is 4.66. The molecule has 3 N–H and O–H groups in total. The lowest BCUT2D eigenvalue weighted by Crippen LogP contribution is -2.57. The Morgan fingerprint density at radius 3 is 2.26 bits per heavy atom. The standard InChI is InChI=1S/C25H22F6N2O5/c26-24(27,28)12-33(23(37)13-5-7-14(8-6-13)25(29,30)31)17-11-16(22(36)32-9-10-34)19-15-3-1-2-4-18(15)38-21(19)20(17)35/h1-8,11,17,19-21,34-35H,9-10,12H2,(H,32,36). The van der Waals surface area contributed by atoms with E-state index in [1.54, 1.807) is 24.3 Å². The number of fused-ring (bicyclic) bond motifs is 3. The molecule has 2 aliphatic rings. The molecule has 2 aromatic rings. The minimum Gasteiger partial charge on any atom is -0.486 e. The highest BCUT2D eigenvalue weighted by molar-refractivity contribution is 5.97. The largest absolute Gasteiger partial charge is 0.486 e. The highest BCUT2D eigenvalue weighted by Gasteiger charge is 2.51. The first-order valence-electron chi connectivity index (χ1n) is 11.4. The summed E-state index contributed by atoms with van der Waals surface area (Å²) in [4.78, 5) is 26.5. The maximum Gasteiger partial charge on any atom is 0.416 e. The molecule has 13 heteroatoms. The zero-order valence-corrected chi connectivity index (χ0v) is 19.5. The molecule has 204 valence electrons. The Morgan fingerprint density at radius 2 is 1.66 bits per heavy atom. The van der Waals surface area contributed by atoms with E-state index in [0.29, 0.717) is 23.4 Å². The molecule has 2 aromatic carbocycles. The number of nitrogens with one attached hydrogen (secondary N) is 1. The number of amides is 2. The topological polar surface area (TPSA) is 99.1 Å². The lowest BCUT2D eigenvalue weighted by molar-refractivity contribution is -0.149. The zero-order chi connectivity index (χ0) is 27.8. The summed E-state index contributed by atoms with van der Waals surface area (Å²) in [5.41, 5.74) is -1.17. The monoisotopic (exact) mass is 544 g/mol. The van der Waals surface area contributed by atoms with Gasteiger partial charge < -0.3 is 25.2 Å². The summed E-state index contributed by atoms with van der Waals surface area (Å²) >= 11 is 0. The van der Waals surface area contributed by atoms with Crippen LogP contribution in [0.15, 0.2) is 60.2 Å². The minimum atomic E-state index is -4.95. The number of alkyl halides is 6. The van der Waals surface area contributed by atoms with Gasteiger partial charge >= 0.3 is 12.4 Å². The number of nitrogens with zero attached hydrogens (tertiary/aromatic N) is 1. The van der Waals surface area contributed by atoms with Gasteiger partial charge in [0.15, 0.2) is 0 Å². The number of halogens is 6. The van der Waals surface area contributed by atoms with Gasteiger partial charge in [0.05, 0.1) is 24.1 Å². The summed E-state index contributed by atoms with van der Waals surface area (Å²) in [5.74, 6) is -2.65. The molecule has 0 spiro atoms. The van der Waals surface area contributed by atoms with Crippen molar-refractivity contribution in [3.05, 3.63) is 76.9 Å². The third kappa shape index (κ3) is 5.48. The van der Waals surface area contributed by atoms with Crippen molar-refractivity contribution in [3.8, 4) is 5.75 Å². The number of carbonyl (C=O) groups excluding carboxylic acids is 2. The van der Waals surface area contributed by atoms with Crippen molar-refractivity contribution in [2.45, 2.75) is 36.5 Å². The Hall–Kier alpha value is -3.58.